The fourth-order valence-electron chi connectivity index (χ4n) is 3.66. The maximum absolute atomic E-state index is 12.6. The maximum Gasteiger partial charge on any atom is 0.252 e. The summed E-state index contributed by atoms with van der Waals surface area (Å²) in [5.74, 6) is 0.169. The van der Waals surface area contributed by atoms with E-state index in [1.54, 1.807) is 0 Å². The number of rotatable bonds is 2. The van der Waals surface area contributed by atoms with Crippen molar-refractivity contribution in [2.45, 2.75) is 63.8 Å². The first kappa shape index (κ1) is 15.7. The normalized spacial score (nSPS) is 35.9. The first-order chi connectivity index (χ1) is 10.6. The minimum Gasteiger partial charge on any atom is -0.368 e. The molecule has 6 nitrogen and oxygen atoms in total. The van der Waals surface area contributed by atoms with E-state index in [9.17, 15) is 9.59 Å². The topological polar surface area (TPSA) is 59.1 Å². The molecule has 3 heterocycles. The van der Waals surface area contributed by atoms with E-state index in [0.717, 1.165) is 25.7 Å². The van der Waals surface area contributed by atoms with Crippen molar-refractivity contribution in [3.05, 3.63) is 0 Å². The zero-order valence-corrected chi connectivity index (χ0v) is 13.5. The molecule has 0 unspecified atom stereocenters. The summed E-state index contributed by atoms with van der Waals surface area (Å²) in [4.78, 5) is 28.9. The molecular formula is C16H26N2O4. The van der Waals surface area contributed by atoms with Crippen LogP contribution in [0.3, 0.4) is 0 Å². The van der Waals surface area contributed by atoms with Crippen LogP contribution in [-0.2, 0) is 19.1 Å². The van der Waals surface area contributed by atoms with Gasteiger partial charge in [-0.3, -0.25) is 9.59 Å². The number of hydrogen-bond donors (Lipinski definition) is 0. The Morgan fingerprint density at radius 1 is 0.818 bits per heavy atom. The van der Waals surface area contributed by atoms with Crippen molar-refractivity contribution in [2.75, 3.05) is 26.3 Å². The van der Waals surface area contributed by atoms with Crippen molar-refractivity contribution >= 4 is 11.8 Å². The third-order valence-electron chi connectivity index (χ3n) is 4.96. The molecule has 0 bridgehead atoms. The molecule has 0 spiro atoms. The zero-order chi connectivity index (χ0) is 15.7. The molecule has 0 radical (unpaired) electrons. The molecule has 0 saturated carbocycles. The number of nitrogens with zero attached hydrogens (tertiary/aromatic N) is 2. The summed E-state index contributed by atoms with van der Waals surface area (Å²) in [6.45, 7) is 6.54. The van der Waals surface area contributed by atoms with Crippen LogP contribution in [0.15, 0.2) is 0 Å². The third-order valence-corrected chi connectivity index (χ3v) is 4.96. The lowest BCUT2D eigenvalue weighted by molar-refractivity contribution is -0.155. The number of hydrogen-bond acceptors (Lipinski definition) is 4. The molecule has 0 aromatic heterocycles. The van der Waals surface area contributed by atoms with Crippen molar-refractivity contribution in [1.29, 1.82) is 0 Å². The summed E-state index contributed by atoms with van der Waals surface area (Å²) < 4.78 is 11.0. The Balaban J connectivity index is 1.63. The highest BCUT2D eigenvalue weighted by Gasteiger charge is 2.40. The van der Waals surface area contributed by atoms with E-state index in [-0.39, 0.29) is 36.1 Å². The molecule has 3 aliphatic heterocycles. The molecule has 3 rings (SSSR count). The van der Waals surface area contributed by atoms with Gasteiger partial charge in [0.2, 0.25) is 0 Å². The fourth-order valence-corrected chi connectivity index (χ4v) is 3.66. The summed E-state index contributed by atoms with van der Waals surface area (Å²) in [5.41, 5.74) is 0. The molecule has 0 aromatic carbocycles. The highest BCUT2D eigenvalue weighted by atomic mass is 16.5. The molecular weight excluding hydrogens is 284 g/mol. The summed E-state index contributed by atoms with van der Waals surface area (Å²) >= 11 is 0. The molecule has 6 heteroatoms. The van der Waals surface area contributed by atoms with E-state index < -0.39 is 0 Å². The lowest BCUT2D eigenvalue weighted by atomic mass is 10.0. The van der Waals surface area contributed by atoms with Gasteiger partial charge in [-0.1, -0.05) is 0 Å². The van der Waals surface area contributed by atoms with Gasteiger partial charge in [0.15, 0.2) is 0 Å². The molecule has 0 aromatic rings. The molecule has 124 valence electrons. The van der Waals surface area contributed by atoms with Gasteiger partial charge in [0.25, 0.3) is 11.8 Å². The summed E-state index contributed by atoms with van der Waals surface area (Å²) in [7, 11) is 0. The van der Waals surface area contributed by atoms with Crippen molar-refractivity contribution in [1.82, 2.24) is 9.80 Å². The molecule has 22 heavy (non-hydrogen) atoms. The van der Waals surface area contributed by atoms with E-state index in [0.29, 0.717) is 26.3 Å². The number of carbonyl (C=O) groups is 2. The van der Waals surface area contributed by atoms with Crippen LogP contribution in [0.1, 0.15) is 39.5 Å². The minimum absolute atomic E-state index is 0.0262. The van der Waals surface area contributed by atoms with Gasteiger partial charge in [0, 0.05) is 38.4 Å². The van der Waals surface area contributed by atoms with Crippen LogP contribution in [0, 0.1) is 0 Å². The molecule has 0 aliphatic carbocycles. The van der Waals surface area contributed by atoms with Crippen molar-refractivity contribution in [3.8, 4) is 0 Å². The Bertz CT molecular complexity index is 390. The summed E-state index contributed by atoms with van der Waals surface area (Å²) in [6, 6.07) is 0.0523. The van der Waals surface area contributed by atoms with E-state index in [1.165, 1.54) is 0 Å². The van der Waals surface area contributed by atoms with E-state index in [2.05, 4.69) is 0 Å². The molecule has 4 atom stereocenters. The second kappa shape index (κ2) is 6.54. The molecule has 0 N–H and O–H groups in total. The van der Waals surface area contributed by atoms with Crippen molar-refractivity contribution in [2.24, 2.45) is 0 Å². The monoisotopic (exact) mass is 310 g/mol. The van der Waals surface area contributed by atoms with Crippen LogP contribution in [0.25, 0.3) is 0 Å². The van der Waals surface area contributed by atoms with Crippen LogP contribution in [0.4, 0.5) is 0 Å². The Labute approximate surface area is 131 Å². The van der Waals surface area contributed by atoms with Crippen LogP contribution in [-0.4, -0.2) is 72.2 Å². The Morgan fingerprint density at radius 2 is 1.23 bits per heavy atom. The molecule has 3 saturated heterocycles. The first-order valence-electron chi connectivity index (χ1n) is 8.42. The SMILES string of the molecule is C[C@@H]1CN(C(=O)[C@@H]2CCCO2)[C@H](C)CN1C(=O)[C@@H]1CCCO1. The second-order valence-corrected chi connectivity index (χ2v) is 6.68. The van der Waals surface area contributed by atoms with Gasteiger partial charge < -0.3 is 19.3 Å². The van der Waals surface area contributed by atoms with Gasteiger partial charge in [-0.05, 0) is 39.5 Å². The van der Waals surface area contributed by atoms with Crippen LogP contribution < -0.4 is 0 Å². The van der Waals surface area contributed by atoms with Gasteiger partial charge >= 0.3 is 0 Å². The molecule has 2 amide bonds. The zero-order valence-electron chi connectivity index (χ0n) is 13.5. The summed E-state index contributed by atoms with van der Waals surface area (Å²) in [6.07, 6.45) is 2.98. The highest BCUT2D eigenvalue weighted by Crippen LogP contribution is 2.23. The average molecular weight is 310 g/mol. The van der Waals surface area contributed by atoms with E-state index in [4.69, 9.17) is 9.47 Å². The lowest BCUT2D eigenvalue weighted by Crippen LogP contribution is -2.62. The van der Waals surface area contributed by atoms with Crippen LogP contribution >= 0.6 is 0 Å². The first-order valence-corrected chi connectivity index (χ1v) is 8.42. The van der Waals surface area contributed by atoms with Gasteiger partial charge in [-0.25, -0.2) is 0 Å². The predicted molar refractivity (Wildman–Crippen MR) is 80.3 cm³/mol. The Hall–Kier alpha value is -1.14. The largest absolute Gasteiger partial charge is 0.368 e. The van der Waals surface area contributed by atoms with Gasteiger partial charge in [-0.15, -0.1) is 0 Å². The lowest BCUT2D eigenvalue weighted by Gasteiger charge is -2.45. The maximum atomic E-state index is 12.6. The number of carbonyl (C=O) groups excluding carboxylic acids is 2. The Kier molecular flexibility index (Phi) is 4.68. The van der Waals surface area contributed by atoms with E-state index >= 15 is 0 Å². The van der Waals surface area contributed by atoms with Crippen LogP contribution in [0.2, 0.25) is 0 Å². The fraction of sp³-hybridized carbons (Fsp3) is 0.875. The van der Waals surface area contributed by atoms with Crippen molar-refractivity contribution in [3.63, 3.8) is 0 Å². The van der Waals surface area contributed by atoms with Gasteiger partial charge in [0.1, 0.15) is 12.2 Å². The van der Waals surface area contributed by atoms with E-state index in [1.807, 2.05) is 23.6 Å². The molecule has 3 fully saturated rings. The Morgan fingerprint density at radius 3 is 1.55 bits per heavy atom. The highest BCUT2D eigenvalue weighted by molar-refractivity contribution is 5.84. The standard InChI is InChI=1S/C16H26N2O4/c1-11-9-18(16(20)14-6-4-8-22-14)12(2)10-17(11)15(19)13-5-3-7-21-13/h11-14H,3-10H2,1-2H3/t11-,12-,13+,14+/m1/s1. The summed E-state index contributed by atoms with van der Waals surface area (Å²) in [5, 5.41) is 0. The average Bonchev–Trinajstić information content (AvgIpc) is 3.20. The van der Waals surface area contributed by atoms with Gasteiger partial charge in [-0.2, -0.15) is 0 Å². The smallest absolute Gasteiger partial charge is 0.252 e. The minimum atomic E-state index is -0.282. The van der Waals surface area contributed by atoms with Gasteiger partial charge in [0.05, 0.1) is 0 Å². The number of amides is 2. The third kappa shape index (κ3) is 2.99. The molecule has 3 aliphatic rings. The number of piperazine rings is 1. The van der Waals surface area contributed by atoms with Crippen molar-refractivity contribution < 1.29 is 19.1 Å². The van der Waals surface area contributed by atoms with Crippen LogP contribution in [0.5, 0.6) is 0 Å². The number of ether oxygens (including phenoxy) is 2. The predicted octanol–water partition coefficient (Wildman–Crippen LogP) is 0.792. The quantitative estimate of drug-likeness (QED) is 0.757. The second-order valence-electron chi connectivity index (χ2n) is 6.68.